The van der Waals surface area contributed by atoms with E-state index in [2.05, 4.69) is 19.1 Å². The third-order valence-electron chi connectivity index (χ3n) is 8.56. The summed E-state index contributed by atoms with van der Waals surface area (Å²) in [5.41, 5.74) is 2.31. The zero-order chi connectivity index (χ0) is 30.5. The lowest BCUT2D eigenvalue weighted by Crippen LogP contribution is -2.07. The maximum absolute atomic E-state index is 12.1. The fourth-order valence-electron chi connectivity index (χ4n) is 5.73. The van der Waals surface area contributed by atoms with Crippen LogP contribution in [-0.2, 0) is 22.6 Å². The van der Waals surface area contributed by atoms with E-state index in [9.17, 15) is 4.79 Å². The average Bonchev–Trinajstić information content (AvgIpc) is 3.03. The summed E-state index contributed by atoms with van der Waals surface area (Å²) in [5.74, 6) is 0.797. The van der Waals surface area contributed by atoms with Gasteiger partial charge in [-0.1, -0.05) is 184 Å². The topological polar surface area (TPSA) is 35.5 Å². The predicted molar refractivity (Wildman–Crippen MR) is 184 cm³/mol. The third kappa shape index (κ3) is 22.0. The summed E-state index contributed by atoms with van der Waals surface area (Å²) in [4.78, 5) is 12.1. The highest BCUT2D eigenvalue weighted by molar-refractivity contribution is 5.69. The van der Waals surface area contributed by atoms with Crippen LogP contribution in [-0.4, -0.2) is 12.6 Å². The van der Waals surface area contributed by atoms with Gasteiger partial charge in [-0.15, -0.1) is 0 Å². The van der Waals surface area contributed by atoms with Crippen molar-refractivity contribution in [1.29, 1.82) is 0 Å². The van der Waals surface area contributed by atoms with Crippen molar-refractivity contribution in [1.82, 2.24) is 0 Å². The average molecular weight is 593 g/mol. The van der Waals surface area contributed by atoms with E-state index >= 15 is 0 Å². The maximum atomic E-state index is 12.1. The molecule has 0 N–H and O–H groups in total. The number of unbranched alkanes of at least 4 members (excludes halogenated alkanes) is 21. The molecule has 0 unspecified atom stereocenters. The molecule has 0 amide bonds. The van der Waals surface area contributed by atoms with Gasteiger partial charge >= 0.3 is 5.97 Å². The first-order chi connectivity index (χ1) is 21.3. The van der Waals surface area contributed by atoms with E-state index in [0.29, 0.717) is 19.6 Å². The number of hydrogen-bond donors (Lipinski definition) is 0. The normalized spacial score (nSPS) is 11.1. The van der Waals surface area contributed by atoms with Gasteiger partial charge < -0.3 is 9.47 Å². The Morgan fingerprint density at radius 3 is 1.42 bits per heavy atom. The van der Waals surface area contributed by atoms with E-state index in [1.54, 1.807) is 0 Å². The molecule has 0 radical (unpaired) electrons. The maximum Gasteiger partial charge on any atom is 0.305 e. The van der Waals surface area contributed by atoms with Crippen LogP contribution in [0.3, 0.4) is 0 Å². The van der Waals surface area contributed by atoms with E-state index in [4.69, 9.17) is 9.47 Å². The van der Waals surface area contributed by atoms with Crippen LogP contribution in [0.5, 0.6) is 5.75 Å². The minimum Gasteiger partial charge on any atom is -0.489 e. The molecule has 242 valence electrons. The molecule has 3 nitrogen and oxygen atoms in total. The molecule has 0 saturated carbocycles. The van der Waals surface area contributed by atoms with Gasteiger partial charge in [0.2, 0.25) is 0 Å². The first kappa shape index (κ1) is 36.9. The third-order valence-corrected chi connectivity index (χ3v) is 8.56. The largest absolute Gasteiger partial charge is 0.489 e. The van der Waals surface area contributed by atoms with Crippen molar-refractivity contribution in [3.05, 3.63) is 65.7 Å². The van der Waals surface area contributed by atoms with Crippen molar-refractivity contribution >= 4 is 5.97 Å². The molecule has 0 fully saturated rings. The quantitative estimate of drug-likeness (QED) is 0.0696. The highest BCUT2D eigenvalue weighted by atomic mass is 16.5. The molecule has 0 aliphatic carbocycles. The smallest absolute Gasteiger partial charge is 0.305 e. The molecule has 2 aromatic rings. The zero-order valence-electron chi connectivity index (χ0n) is 27.8. The number of hydrogen-bond acceptors (Lipinski definition) is 3. The van der Waals surface area contributed by atoms with Gasteiger partial charge in [-0.25, -0.2) is 0 Å². The summed E-state index contributed by atoms with van der Waals surface area (Å²) < 4.78 is 11.3. The molecule has 0 aliphatic rings. The molecule has 3 heteroatoms. The number of esters is 1. The van der Waals surface area contributed by atoms with Crippen LogP contribution < -0.4 is 4.74 Å². The molecule has 0 bridgehead atoms. The molecule has 0 atom stereocenters. The first-order valence-electron chi connectivity index (χ1n) is 18.2. The second-order valence-corrected chi connectivity index (χ2v) is 12.6. The summed E-state index contributed by atoms with van der Waals surface area (Å²) >= 11 is 0. The number of carbonyl (C=O) groups is 1. The molecule has 0 aliphatic heterocycles. The Morgan fingerprint density at radius 2 is 0.953 bits per heavy atom. The lowest BCUT2D eigenvalue weighted by Gasteiger charge is -2.08. The molecule has 2 aromatic carbocycles. The minimum atomic E-state index is -0.0593. The Hall–Kier alpha value is -2.29. The number of ether oxygens (including phenoxy) is 2. The van der Waals surface area contributed by atoms with Crippen molar-refractivity contribution in [2.45, 2.75) is 168 Å². The Morgan fingerprint density at radius 1 is 0.512 bits per heavy atom. The van der Waals surface area contributed by atoms with E-state index in [0.717, 1.165) is 36.1 Å². The Kier molecular flexibility index (Phi) is 23.4. The lowest BCUT2D eigenvalue weighted by atomic mass is 10.0. The van der Waals surface area contributed by atoms with Crippen molar-refractivity contribution in [3.63, 3.8) is 0 Å². The number of rotatable bonds is 29. The summed E-state index contributed by atoms with van der Waals surface area (Å²) in [7, 11) is 0. The fourth-order valence-corrected chi connectivity index (χ4v) is 5.73. The second-order valence-electron chi connectivity index (χ2n) is 12.6. The Bertz CT molecular complexity index is 876. The molecule has 0 aromatic heterocycles. The van der Waals surface area contributed by atoms with E-state index < -0.39 is 0 Å². The van der Waals surface area contributed by atoms with Gasteiger partial charge in [-0.3, -0.25) is 4.79 Å². The van der Waals surface area contributed by atoms with Gasteiger partial charge in [-0.05, 0) is 29.7 Å². The second kappa shape index (κ2) is 27.3. The van der Waals surface area contributed by atoms with Gasteiger partial charge in [0.05, 0.1) is 6.61 Å². The molecule has 43 heavy (non-hydrogen) atoms. The van der Waals surface area contributed by atoms with Crippen molar-refractivity contribution in [2.75, 3.05) is 6.61 Å². The van der Waals surface area contributed by atoms with Gasteiger partial charge in [0.15, 0.2) is 0 Å². The van der Waals surface area contributed by atoms with Crippen molar-refractivity contribution in [3.8, 4) is 5.75 Å². The molecular weight excluding hydrogens is 528 g/mol. The summed E-state index contributed by atoms with van der Waals surface area (Å²) in [6.45, 7) is 3.31. The van der Waals surface area contributed by atoms with Gasteiger partial charge in [0.25, 0.3) is 0 Å². The van der Waals surface area contributed by atoms with E-state index in [-0.39, 0.29) is 5.97 Å². The standard InChI is InChI=1S/C40H64O3/c1-2-3-4-5-6-7-8-9-10-11-12-13-14-15-16-17-18-19-20-21-22-26-29-40(41)42-35-34-37-30-32-39(33-31-37)43-36-38-27-24-23-25-28-38/h23-25,27-28,30-33H,2-22,26,29,34-36H2,1H3. The monoisotopic (exact) mass is 592 g/mol. The highest BCUT2D eigenvalue weighted by Gasteiger charge is 2.04. The van der Waals surface area contributed by atoms with E-state index in [1.807, 2.05) is 42.5 Å². The van der Waals surface area contributed by atoms with Gasteiger partial charge in [0.1, 0.15) is 12.4 Å². The lowest BCUT2D eigenvalue weighted by molar-refractivity contribution is -0.143. The summed E-state index contributed by atoms with van der Waals surface area (Å²) in [6.07, 6.45) is 31.6. The van der Waals surface area contributed by atoms with Crippen molar-refractivity contribution in [2.24, 2.45) is 0 Å². The van der Waals surface area contributed by atoms with Crippen LogP contribution in [0, 0.1) is 0 Å². The van der Waals surface area contributed by atoms with Crippen LogP contribution in [0.2, 0.25) is 0 Å². The van der Waals surface area contributed by atoms with Crippen LogP contribution in [0.4, 0.5) is 0 Å². The zero-order valence-corrected chi connectivity index (χ0v) is 27.8. The first-order valence-corrected chi connectivity index (χ1v) is 18.2. The van der Waals surface area contributed by atoms with Gasteiger partial charge in [-0.2, -0.15) is 0 Å². The molecule has 2 rings (SSSR count). The fraction of sp³-hybridized carbons (Fsp3) is 0.675. The molecule has 0 saturated heterocycles. The SMILES string of the molecule is CCCCCCCCCCCCCCCCCCCCCCCCC(=O)OCCc1ccc(OCc2ccccc2)cc1. The molecular formula is C40H64O3. The Balaban J connectivity index is 1.27. The van der Waals surface area contributed by atoms with Crippen LogP contribution in [0.1, 0.15) is 166 Å². The van der Waals surface area contributed by atoms with Crippen LogP contribution in [0.15, 0.2) is 54.6 Å². The summed E-state index contributed by atoms with van der Waals surface area (Å²) in [5, 5.41) is 0. The minimum absolute atomic E-state index is 0.0593. The molecule has 0 heterocycles. The van der Waals surface area contributed by atoms with Crippen LogP contribution in [0.25, 0.3) is 0 Å². The van der Waals surface area contributed by atoms with Crippen LogP contribution >= 0.6 is 0 Å². The van der Waals surface area contributed by atoms with Gasteiger partial charge in [0, 0.05) is 12.8 Å². The molecule has 0 spiro atoms. The highest BCUT2D eigenvalue weighted by Crippen LogP contribution is 2.17. The van der Waals surface area contributed by atoms with Crippen molar-refractivity contribution < 1.29 is 14.3 Å². The predicted octanol–water partition coefficient (Wildman–Crippen LogP) is 12.3. The van der Waals surface area contributed by atoms with E-state index in [1.165, 1.54) is 128 Å². The Labute approximate surface area is 265 Å². The summed E-state index contributed by atoms with van der Waals surface area (Å²) in [6, 6.07) is 18.2. The number of carbonyl (C=O) groups excluding carboxylic acids is 1. The number of benzene rings is 2.